The molecule has 1 heterocycles. The van der Waals surface area contributed by atoms with Gasteiger partial charge in [0, 0.05) is 37.8 Å². The normalized spacial score (nSPS) is 14.2. The SMILES string of the molecule is CCC[C@H](NC(C)CC(OC)OC)C(=O)Nc1ncc(C(C)C)s1. The molecule has 0 saturated heterocycles. The Labute approximate surface area is 149 Å². The maximum atomic E-state index is 12.6. The lowest BCUT2D eigenvalue weighted by molar-refractivity contribution is -0.120. The summed E-state index contributed by atoms with van der Waals surface area (Å²) in [6.07, 6.45) is 3.92. The van der Waals surface area contributed by atoms with E-state index in [2.05, 4.69) is 36.4 Å². The molecule has 0 bridgehead atoms. The first-order valence-electron chi connectivity index (χ1n) is 8.49. The first kappa shape index (κ1) is 21.0. The summed E-state index contributed by atoms with van der Waals surface area (Å²) in [5.41, 5.74) is 0. The van der Waals surface area contributed by atoms with Gasteiger partial charge in [-0.05, 0) is 19.3 Å². The fraction of sp³-hybridized carbons (Fsp3) is 0.765. The summed E-state index contributed by atoms with van der Waals surface area (Å²) in [6.45, 7) is 8.33. The molecule has 0 aromatic carbocycles. The van der Waals surface area contributed by atoms with E-state index in [0.29, 0.717) is 17.5 Å². The molecule has 24 heavy (non-hydrogen) atoms. The lowest BCUT2D eigenvalue weighted by Gasteiger charge is -2.24. The molecule has 1 aromatic heterocycles. The Balaban J connectivity index is 2.63. The van der Waals surface area contributed by atoms with Crippen LogP contribution >= 0.6 is 11.3 Å². The van der Waals surface area contributed by atoms with Gasteiger partial charge in [-0.15, -0.1) is 11.3 Å². The van der Waals surface area contributed by atoms with Gasteiger partial charge in [0.15, 0.2) is 11.4 Å². The third-order valence-electron chi connectivity index (χ3n) is 3.77. The summed E-state index contributed by atoms with van der Waals surface area (Å²) in [6, 6.07) is -0.162. The minimum atomic E-state index is -0.273. The lowest BCUT2D eigenvalue weighted by Crippen LogP contribution is -2.46. The van der Waals surface area contributed by atoms with Gasteiger partial charge >= 0.3 is 0 Å². The monoisotopic (exact) mass is 357 g/mol. The number of thiazole rings is 1. The Morgan fingerprint density at radius 2 is 1.96 bits per heavy atom. The maximum Gasteiger partial charge on any atom is 0.243 e. The van der Waals surface area contributed by atoms with Crippen molar-refractivity contribution in [2.24, 2.45) is 0 Å². The largest absolute Gasteiger partial charge is 0.356 e. The van der Waals surface area contributed by atoms with E-state index in [9.17, 15) is 4.79 Å². The third-order valence-corrected chi connectivity index (χ3v) is 4.99. The predicted octanol–water partition coefficient (Wildman–Crippen LogP) is 3.36. The molecule has 0 saturated carbocycles. The highest BCUT2D eigenvalue weighted by molar-refractivity contribution is 7.15. The van der Waals surface area contributed by atoms with E-state index in [1.165, 1.54) is 16.2 Å². The van der Waals surface area contributed by atoms with Crippen LogP contribution in [0.15, 0.2) is 6.20 Å². The van der Waals surface area contributed by atoms with Crippen LogP contribution in [0.4, 0.5) is 5.13 Å². The van der Waals surface area contributed by atoms with Gasteiger partial charge in [0.25, 0.3) is 0 Å². The number of carbonyl (C=O) groups excluding carboxylic acids is 1. The molecule has 6 nitrogen and oxygen atoms in total. The molecule has 1 amide bonds. The van der Waals surface area contributed by atoms with Crippen LogP contribution in [-0.2, 0) is 14.3 Å². The molecule has 1 unspecified atom stereocenters. The molecule has 0 radical (unpaired) electrons. The number of nitrogens with one attached hydrogen (secondary N) is 2. The molecule has 2 N–H and O–H groups in total. The Kier molecular flexibility index (Phi) is 9.43. The molecule has 0 aliphatic heterocycles. The zero-order valence-electron chi connectivity index (χ0n) is 15.6. The Bertz CT molecular complexity index is 489. The molecule has 0 fully saturated rings. The van der Waals surface area contributed by atoms with Crippen molar-refractivity contribution in [3.05, 3.63) is 11.1 Å². The number of carbonyl (C=O) groups is 1. The van der Waals surface area contributed by atoms with Gasteiger partial charge in [0.2, 0.25) is 5.91 Å². The number of hydrogen-bond acceptors (Lipinski definition) is 6. The second-order valence-corrected chi connectivity index (χ2v) is 7.32. The van der Waals surface area contributed by atoms with Crippen molar-refractivity contribution in [2.45, 2.75) is 71.2 Å². The van der Waals surface area contributed by atoms with Crippen LogP contribution in [-0.4, -0.2) is 43.5 Å². The summed E-state index contributed by atoms with van der Waals surface area (Å²) in [5, 5.41) is 6.96. The van der Waals surface area contributed by atoms with Crippen LogP contribution in [0.25, 0.3) is 0 Å². The second-order valence-electron chi connectivity index (χ2n) is 6.26. The highest BCUT2D eigenvalue weighted by atomic mass is 32.1. The predicted molar refractivity (Wildman–Crippen MR) is 98.5 cm³/mol. The smallest absolute Gasteiger partial charge is 0.243 e. The zero-order valence-corrected chi connectivity index (χ0v) is 16.4. The number of hydrogen-bond donors (Lipinski definition) is 2. The highest BCUT2D eigenvalue weighted by Crippen LogP contribution is 2.25. The number of anilines is 1. The molecule has 2 atom stereocenters. The molecule has 7 heteroatoms. The van der Waals surface area contributed by atoms with Gasteiger partial charge in [-0.3, -0.25) is 4.79 Å². The van der Waals surface area contributed by atoms with Gasteiger partial charge < -0.3 is 20.1 Å². The molecular weight excluding hydrogens is 326 g/mol. The van der Waals surface area contributed by atoms with Crippen molar-refractivity contribution in [1.29, 1.82) is 0 Å². The molecule has 0 spiro atoms. The number of amides is 1. The first-order chi connectivity index (χ1) is 11.4. The minimum absolute atomic E-state index is 0.0419. The fourth-order valence-corrected chi connectivity index (χ4v) is 3.19. The molecule has 1 aromatic rings. The average Bonchev–Trinajstić information content (AvgIpc) is 3.00. The number of ether oxygens (including phenoxy) is 2. The Morgan fingerprint density at radius 1 is 1.29 bits per heavy atom. The van der Waals surface area contributed by atoms with Gasteiger partial charge in [-0.2, -0.15) is 0 Å². The van der Waals surface area contributed by atoms with E-state index in [1.54, 1.807) is 14.2 Å². The van der Waals surface area contributed by atoms with Gasteiger partial charge in [0.05, 0.1) is 6.04 Å². The summed E-state index contributed by atoms with van der Waals surface area (Å²) in [5.74, 6) is 0.373. The fourth-order valence-electron chi connectivity index (χ4n) is 2.37. The van der Waals surface area contributed by atoms with Crippen molar-refractivity contribution in [3.8, 4) is 0 Å². The van der Waals surface area contributed by atoms with Crippen LogP contribution < -0.4 is 10.6 Å². The van der Waals surface area contributed by atoms with Crippen molar-refractivity contribution in [2.75, 3.05) is 19.5 Å². The quantitative estimate of drug-likeness (QED) is 0.594. The summed E-state index contributed by atoms with van der Waals surface area (Å²) in [7, 11) is 3.23. The van der Waals surface area contributed by atoms with Crippen molar-refractivity contribution in [1.82, 2.24) is 10.3 Å². The van der Waals surface area contributed by atoms with E-state index in [1.807, 2.05) is 13.1 Å². The molecule has 0 aliphatic rings. The minimum Gasteiger partial charge on any atom is -0.356 e. The van der Waals surface area contributed by atoms with Crippen LogP contribution in [0.2, 0.25) is 0 Å². The number of nitrogens with zero attached hydrogens (tertiary/aromatic N) is 1. The van der Waals surface area contributed by atoms with E-state index < -0.39 is 0 Å². The first-order valence-corrected chi connectivity index (χ1v) is 9.31. The van der Waals surface area contributed by atoms with Crippen LogP contribution in [0.5, 0.6) is 0 Å². The van der Waals surface area contributed by atoms with Gasteiger partial charge in [0.1, 0.15) is 0 Å². The number of aromatic nitrogens is 1. The highest BCUT2D eigenvalue weighted by Gasteiger charge is 2.22. The summed E-state index contributed by atoms with van der Waals surface area (Å²) < 4.78 is 10.4. The van der Waals surface area contributed by atoms with E-state index >= 15 is 0 Å². The molecule has 0 aliphatic carbocycles. The van der Waals surface area contributed by atoms with Gasteiger partial charge in [-0.1, -0.05) is 27.2 Å². The van der Waals surface area contributed by atoms with Crippen LogP contribution in [0.3, 0.4) is 0 Å². The number of methoxy groups -OCH3 is 2. The third kappa shape index (κ3) is 6.84. The molecule has 138 valence electrons. The summed E-state index contributed by atoms with van der Waals surface area (Å²) >= 11 is 1.53. The van der Waals surface area contributed by atoms with E-state index in [4.69, 9.17) is 9.47 Å². The lowest BCUT2D eigenvalue weighted by atomic mass is 10.1. The standard InChI is InChI=1S/C17H31N3O3S/c1-7-8-13(19-12(4)9-15(22-5)23-6)16(21)20-17-18-10-14(24-17)11(2)3/h10-13,15,19H,7-9H2,1-6H3,(H,18,20,21)/t12?,13-/m0/s1. The average molecular weight is 358 g/mol. The Hall–Kier alpha value is -1.02. The van der Waals surface area contributed by atoms with Crippen LogP contribution in [0.1, 0.15) is 57.8 Å². The number of rotatable bonds is 11. The van der Waals surface area contributed by atoms with Crippen molar-refractivity contribution >= 4 is 22.4 Å². The molecule has 1 rings (SSSR count). The van der Waals surface area contributed by atoms with Crippen molar-refractivity contribution in [3.63, 3.8) is 0 Å². The topological polar surface area (TPSA) is 72.5 Å². The van der Waals surface area contributed by atoms with E-state index in [0.717, 1.165) is 12.8 Å². The van der Waals surface area contributed by atoms with Gasteiger partial charge in [-0.25, -0.2) is 4.98 Å². The van der Waals surface area contributed by atoms with E-state index in [-0.39, 0.29) is 24.3 Å². The Morgan fingerprint density at radius 3 is 2.46 bits per heavy atom. The van der Waals surface area contributed by atoms with Crippen molar-refractivity contribution < 1.29 is 14.3 Å². The summed E-state index contributed by atoms with van der Waals surface area (Å²) in [4.78, 5) is 18.0. The zero-order chi connectivity index (χ0) is 18.1. The van der Waals surface area contributed by atoms with Crippen LogP contribution in [0, 0.1) is 0 Å². The maximum absolute atomic E-state index is 12.6. The second kappa shape index (κ2) is 10.8. The molecular formula is C17H31N3O3S.